The van der Waals surface area contributed by atoms with Crippen LogP contribution in [0.15, 0.2) is 88.9 Å². The molecule has 0 saturated carbocycles. The molecule has 0 bridgehead atoms. The topological polar surface area (TPSA) is 172 Å². The highest BCUT2D eigenvalue weighted by atomic mass is 16.3. The van der Waals surface area contributed by atoms with Gasteiger partial charge in [-0.2, -0.15) is 0 Å². The van der Waals surface area contributed by atoms with Crippen molar-refractivity contribution in [3.63, 3.8) is 0 Å². The van der Waals surface area contributed by atoms with Crippen LogP contribution < -0.4 is 0 Å². The monoisotopic (exact) mass is 580 g/mol. The molecule has 0 aliphatic heterocycles. The van der Waals surface area contributed by atoms with E-state index in [0.29, 0.717) is 39.8 Å². The normalized spacial score (nSPS) is 18.4. The van der Waals surface area contributed by atoms with Crippen LogP contribution in [0.25, 0.3) is 22.3 Å². The Morgan fingerprint density at radius 1 is 0.698 bits per heavy atom. The van der Waals surface area contributed by atoms with Crippen LogP contribution in [0.2, 0.25) is 0 Å². The second-order valence-electron chi connectivity index (χ2n) is 11.0. The first kappa shape index (κ1) is 27.6. The zero-order chi connectivity index (χ0) is 30.6. The fourth-order valence-corrected chi connectivity index (χ4v) is 6.13. The van der Waals surface area contributed by atoms with Crippen LogP contribution >= 0.6 is 0 Å². The fraction of sp³-hybridized carbons (Fsp3) is 0.147. The van der Waals surface area contributed by atoms with Crippen LogP contribution in [0, 0.1) is 5.92 Å². The summed E-state index contributed by atoms with van der Waals surface area (Å²) in [6.07, 6.45) is 2.26. The smallest absolute Gasteiger partial charge is 0.171 e. The summed E-state index contributed by atoms with van der Waals surface area (Å²) in [5, 5.41) is 72.9. The largest absolute Gasteiger partial charge is 0.508 e. The summed E-state index contributed by atoms with van der Waals surface area (Å²) in [5.41, 5.74) is 2.44. The molecule has 1 aromatic heterocycles. The number of phenols is 7. The van der Waals surface area contributed by atoms with Gasteiger partial charge in [-0.15, -0.1) is 0 Å². The Kier molecular flexibility index (Phi) is 6.65. The molecule has 9 nitrogen and oxygen atoms in total. The van der Waals surface area contributed by atoms with Crippen molar-refractivity contribution in [2.75, 3.05) is 0 Å². The number of carbonyl (C=O) groups excluding carboxylic acids is 1. The molecule has 5 aromatic rings. The van der Waals surface area contributed by atoms with Gasteiger partial charge >= 0.3 is 0 Å². The van der Waals surface area contributed by atoms with Crippen LogP contribution in [0.5, 0.6) is 40.2 Å². The van der Waals surface area contributed by atoms with Crippen molar-refractivity contribution >= 4 is 16.8 Å². The molecule has 1 heterocycles. The van der Waals surface area contributed by atoms with E-state index in [1.54, 1.807) is 18.2 Å². The Hall–Kier alpha value is -5.57. The summed E-state index contributed by atoms with van der Waals surface area (Å²) in [7, 11) is 0. The lowest BCUT2D eigenvalue weighted by atomic mass is 9.65. The molecule has 1 aliphatic rings. The summed E-state index contributed by atoms with van der Waals surface area (Å²) in [4.78, 5) is 14.3. The number of Topliss-reactive ketones (excluding diaryl/α,β-unsaturated/α-hetero) is 1. The maximum atomic E-state index is 14.3. The SMILES string of the molecule is CC1=CC(c2cc3cc(-c4cc(O)cc(O)c4)oc3cc2O)C(C(=O)c2ccc(O)cc2O)C(c2ccc(O)cc2O)C1. The minimum absolute atomic E-state index is 0.0288. The molecule has 0 radical (unpaired) electrons. The van der Waals surface area contributed by atoms with Crippen molar-refractivity contribution < 1.29 is 45.0 Å². The molecule has 6 rings (SSSR count). The van der Waals surface area contributed by atoms with Gasteiger partial charge in [0, 0.05) is 58.5 Å². The Morgan fingerprint density at radius 2 is 1.35 bits per heavy atom. The van der Waals surface area contributed by atoms with E-state index < -0.39 is 29.3 Å². The lowest BCUT2D eigenvalue weighted by Crippen LogP contribution is -2.31. The van der Waals surface area contributed by atoms with Crippen molar-refractivity contribution in [2.45, 2.75) is 25.2 Å². The number of benzene rings is 4. The number of allylic oxidation sites excluding steroid dienone is 2. The molecular weight excluding hydrogens is 552 g/mol. The Morgan fingerprint density at radius 3 is 2.02 bits per heavy atom. The maximum Gasteiger partial charge on any atom is 0.171 e. The Balaban J connectivity index is 1.52. The molecular formula is C34H28O9. The van der Waals surface area contributed by atoms with E-state index >= 15 is 0 Å². The van der Waals surface area contributed by atoms with E-state index in [9.17, 15) is 40.5 Å². The molecule has 218 valence electrons. The molecule has 43 heavy (non-hydrogen) atoms. The van der Waals surface area contributed by atoms with Gasteiger partial charge < -0.3 is 40.2 Å². The lowest BCUT2D eigenvalue weighted by Gasteiger charge is -2.37. The zero-order valence-corrected chi connectivity index (χ0v) is 22.9. The third-order valence-corrected chi connectivity index (χ3v) is 8.00. The van der Waals surface area contributed by atoms with Gasteiger partial charge in [0.15, 0.2) is 5.78 Å². The molecule has 0 spiro atoms. The van der Waals surface area contributed by atoms with E-state index in [1.165, 1.54) is 48.5 Å². The lowest BCUT2D eigenvalue weighted by molar-refractivity contribution is 0.0877. The van der Waals surface area contributed by atoms with Crippen LogP contribution in [0.1, 0.15) is 46.7 Å². The van der Waals surface area contributed by atoms with Gasteiger partial charge in [0.25, 0.3) is 0 Å². The Bertz CT molecular complexity index is 1910. The number of ketones is 1. The minimum atomic E-state index is -0.924. The summed E-state index contributed by atoms with van der Waals surface area (Å²) < 4.78 is 5.92. The second kappa shape index (κ2) is 10.4. The molecule has 4 aromatic carbocycles. The highest BCUT2D eigenvalue weighted by molar-refractivity contribution is 6.02. The number of hydrogen-bond donors (Lipinski definition) is 7. The van der Waals surface area contributed by atoms with Gasteiger partial charge in [-0.3, -0.25) is 4.79 Å². The number of aromatic hydroxyl groups is 7. The zero-order valence-electron chi connectivity index (χ0n) is 22.9. The molecule has 9 heteroatoms. The molecule has 0 fully saturated rings. The first-order valence-electron chi connectivity index (χ1n) is 13.5. The van der Waals surface area contributed by atoms with Gasteiger partial charge in [0.05, 0.1) is 5.56 Å². The van der Waals surface area contributed by atoms with E-state index in [4.69, 9.17) is 4.42 Å². The average Bonchev–Trinajstić information content (AvgIpc) is 3.34. The van der Waals surface area contributed by atoms with Gasteiger partial charge in [0.2, 0.25) is 0 Å². The van der Waals surface area contributed by atoms with Crippen molar-refractivity contribution in [3.8, 4) is 51.6 Å². The summed E-state index contributed by atoms with van der Waals surface area (Å²) in [5.74, 6) is -3.78. The van der Waals surface area contributed by atoms with Crippen molar-refractivity contribution in [1.29, 1.82) is 0 Å². The number of fused-ring (bicyclic) bond motifs is 1. The first-order chi connectivity index (χ1) is 20.5. The second-order valence-corrected chi connectivity index (χ2v) is 11.0. The molecule has 3 unspecified atom stereocenters. The average molecular weight is 581 g/mol. The molecule has 7 N–H and O–H groups in total. The standard InChI is InChI=1S/C34H28O9/c1-16-6-26(23-4-2-19(35)13-28(23)39)33(34(42)24-5-3-20(36)14-29(24)40)27(7-16)25-10-18-11-31(43-32(18)15-30(25)41)17-8-21(37)12-22(38)9-17/h2-5,7-15,26-27,33,35-41H,6H2,1H3. The summed E-state index contributed by atoms with van der Waals surface area (Å²) in [6, 6.07) is 16.8. The van der Waals surface area contributed by atoms with E-state index in [0.717, 1.165) is 11.6 Å². The van der Waals surface area contributed by atoms with E-state index in [1.807, 2.05) is 13.0 Å². The molecule has 1 aliphatic carbocycles. The van der Waals surface area contributed by atoms with Gasteiger partial charge in [-0.25, -0.2) is 0 Å². The van der Waals surface area contributed by atoms with Crippen LogP contribution in [-0.4, -0.2) is 41.5 Å². The van der Waals surface area contributed by atoms with Crippen molar-refractivity contribution in [1.82, 2.24) is 0 Å². The molecule has 0 saturated heterocycles. The number of furan rings is 1. The molecule has 3 atom stereocenters. The van der Waals surface area contributed by atoms with Gasteiger partial charge in [0.1, 0.15) is 51.6 Å². The van der Waals surface area contributed by atoms with Crippen molar-refractivity contribution in [2.24, 2.45) is 5.92 Å². The third kappa shape index (κ3) is 5.05. The van der Waals surface area contributed by atoms with Crippen molar-refractivity contribution in [3.05, 3.63) is 101 Å². The van der Waals surface area contributed by atoms with E-state index in [-0.39, 0.29) is 40.1 Å². The number of hydrogen-bond acceptors (Lipinski definition) is 9. The maximum absolute atomic E-state index is 14.3. The van der Waals surface area contributed by atoms with Crippen LogP contribution in [0.4, 0.5) is 0 Å². The van der Waals surface area contributed by atoms with Gasteiger partial charge in [-0.05, 0) is 61.4 Å². The van der Waals surface area contributed by atoms with Gasteiger partial charge in [-0.1, -0.05) is 17.7 Å². The predicted molar refractivity (Wildman–Crippen MR) is 158 cm³/mol. The highest BCUT2D eigenvalue weighted by Gasteiger charge is 2.42. The quantitative estimate of drug-likeness (QED) is 0.0876. The fourth-order valence-electron chi connectivity index (χ4n) is 6.13. The number of phenolic OH excluding ortho intramolecular Hbond substituents is 7. The summed E-state index contributed by atoms with van der Waals surface area (Å²) in [6.45, 7) is 1.88. The summed E-state index contributed by atoms with van der Waals surface area (Å²) >= 11 is 0. The van der Waals surface area contributed by atoms with Crippen LogP contribution in [0.3, 0.4) is 0 Å². The first-order valence-corrected chi connectivity index (χ1v) is 13.5. The minimum Gasteiger partial charge on any atom is -0.508 e. The third-order valence-electron chi connectivity index (χ3n) is 8.00. The highest BCUT2D eigenvalue weighted by Crippen LogP contribution is 2.51. The predicted octanol–water partition coefficient (Wildman–Crippen LogP) is 6.76. The molecule has 0 amide bonds. The van der Waals surface area contributed by atoms with Crippen LogP contribution in [-0.2, 0) is 0 Å². The van der Waals surface area contributed by atoms with E-state index in [2.05, 4.69) is 0 Å². The number of carbonyl (C=O) groups is 1. The Labute approximate surface area is 245 Å². The number of rotatable bonds is 5.